The van der Waals surface area contributed by atoms with Gasteiger partial charge in [-0.25, -0.2) is 4.79 Å². The van der Waals surface area contributed by atoms with E-state index in [1.54, 1.807) is 47.4 Å². The van der Waals surface area contributed by atoms with Crippen molar-refractivity contribution in [3.05, 3.63) is 53.6 Å². The van der Waals surface area contributed by atoms with Crippen LogP contribution in [0.5, 0.6) is 0 Å². The molecule has 1 fully saturated rings. The summed E-state index contributed by atoms with van der Waals surface area (Å²) in [7, 11) is 0. The average molecular weight is 426 g/mol. The van der Waals surface area contributed by atoms with Crippen molar-refractivity contribution in [3.8, 4) is 0 Å². The van der Waals surface area contributed by atoms with Crippen molar-refractivity contribution < 1.29 is 23.9 Å². The number of thioether (sulfide) groups is 1. The van der Waals surface area contributed by atoms with Gasteiger partial charge in [-0.2, -0.15) is 0 Å². The average Bonchev–Trinajstić information content (AvgIpc) is 3.17. The number of ether oxygens (including phenoxy) is 1. The molecule has 1 saturated heterocycles. The van der Waals surface area contributed by atoms with Gasteiger partial charge in [0.15, 0.2) is 12.4 Å². The van der Waals surface area contributed by atoms with E-state index < -0.39 is 12.6 Å². The van der Waals surface area contributed by atoms with Crippen molar-refractivity contribution in [2.24, 2.45) is 0 Å². The topological polar surface area (TPSA) is 92.8 Å². The molecule has 0 radical (unpaired) electrons. The number of nitrogens with one attached hydrogen (secondary N) is 1. The third-order valence-corrected chi connectivity index (χ3v) is 5.45. The fraction of sp³-hybridized carbons (Fsp3) is 0.273. The van der Waals surface area contributed by atoms with E-state index in [9.17, 15) is 19.2 Å². The molecule has 8 heteroatoms. The van der Waals surface area contributed by atoms with E-state index in [-0.39, 0.29) is 17.6 Å². The lowest BCUT2D eigenvalue weighted by Gasteiger charge is -2.15. The third kappa shape index (κ3) is 5.07. The number of Topliss-reactive ketones (excluding diaryl/α,β-unsaturated/α-hetero) is 1. The minimum absolute atomic E-state index is 0.0713. The van der Waals surface area contributed by atoms with Gasteiger partial charge in [-0.3, -0.25) is 14.4 Å². The number of amides is 2. The summed E-state index contributed by atoms with van der Waals surface area (Å²) >= 11 is 1.45. The molecule has 0 aromatic heterocycles. The van der Waals surface area contributed by atoms with E-state index in [4.69, 9.17) is 4.74 Å². The largest absolute Gasteiger partial charge is 0.454 e. The van der Waals surface area contributed by atoms with E-state index in [1.807, 2.05) is 6.26 Å². The second-order valence-electron chi connectivity index (χ2n) is 6.79. The molecule has 0 spiro atoms. The lowest BCUT2D eigenvalue weighted by molar-refractivity contribution is -0.117. The Morgan fingerprint density at radius 3 is 2.40 bits per heavy atom. The molecule has 1 heterocycles. The molecular formula is C22H22N2O5S. The van der Waals surface area contributed by atoms with Gasteiger partial charge in [-0.05, 0) is 49.1 Å². The highest BCUT2D eigenvalue weighted by molar-refractivity contribution is 7.98. The predicted octanol–water partition coefficient (Wildman–Crippen LogP) is 3.53. The summed E-state index contributed by atoms with van der Waals surface area (Å²) in [6.07, 6.45) is 3.23. The first-order chi connectivity index (χ1) is 14.4. The number of rotatable bonds is 7. The van der Waals surface area contributed by atoms with Crippen LogP contribution in [0.25, 0.3) is 0 Å². The Bertz CT molecular complexity index is 988. The number of hydrogen-bond acceptors (Lipinski definition) is 6. The third-order valence-electron chi connectivity index (χ3n) is 4.65. The van der Waals surface area contributed by atoms with Crippen LogP contribution < -0.4 is 10.2 Å². The SMILES string of the molecule is CSc1ccc(C(=O)COC(=O)c2ccc(N3CCCC3=O)cc2)cc1NC(C)=O. The summed E-state index contributed by atoms with van der Waals surface area (Å²) < 4.78 is 5.15. The summed E-state index contributed by atoms with van der Waals surface area (Å²) in [5.41, 5.74) is 1.92. The van der Waals surface area contributed by atoms with Crippen molar-refractivity contribution in [2.45, 2.75) is 24.7 Å². The standard InChI is InChI=1S/C22H22N2O5S/c1-14(25)23-18-12-16(7-10-20(18)30-2)19(26)13-29-22(28)15-5-8-17(9-6-15)24-11-3-4-21(24)27/h5-10,12H,3-4,11,13H2,1-2H3,(H,23,25). The van der Waals surface area contributed by atoms with E-state index in [0.29, 0.717) is 29.8 Å². The number of esters is 1. The number of carbonyl (C=O) groups excluding carboxylic acids is 4. The molecule has 0 aliphatic carbocycles. The van der Waals surface area contributed by atoms with Gasteiger partial charge in [0.05, 0.1) is 11.3 Å². The van der Waals surface area contributed by atoms with Gasteiger partial charge in [-0.1, -0.05) is 6.07 Å². The zero-order valence-corrected chi connectivity index (χ0v) is 17.6. The summed E-state index contributed by atoms with van der Waals surface area (Å²) in [4.78, 5) is 50.4. The minimum atomic E-state index is -0.620. The summed E-state index contributed by atoms with van der Waals surface area (Å²) in [6.45, 7) is 1.65. The Labute approximate surface area is 178 Å². The maximum absolute atomic E-state index is 12.4. The van der Waals surface area contributed by atoms with Crippen LogP contribution in [0, 0.1) is 0 Å². The Morgan fingerprint density at radius 1 is 1.10 bits per heavy atom. The molecule has 0 atom stereocenters. The van der Waals surface area contributed by atoms with Crippen LogP contribution in [0.15, 0.2) is 47.4 Å². The number of hydrogen-bond donors (Lipinski definition) is 1. The Kier molecular flexibility index (Phi) is 6.89. The molecule has 30 heavy (non-hydrogen) atoms. The van der Waals surface area contributed by atoms with Crippen LogP contribution in [0.2, 0.25) is 0 Å². The Hall–Kier alpha value is -3.13. The Balaban J connectivity index is 1.62. The van der Waals surface area contributed by atoms with E-state index in [0.717, 1.165) is 17.0 Å². The molecule has 7 nitrogen and oxygen atoms in total. The normalized spacial score (nSPS) is 13.3. The van der Waals surface area contributed by atoms with Gasteiger partial charge in [0.25, 0.3) is 0 Å². The minimum Gasteiger partial charge on any atom is -0.454 e. The first-order valence-corrected chi connectivity index (χ1v) is 10.7. The first kappa shape index (κ1) is 21.6. The van der Waals surface area contributed by atoms with E-state index >= 15 is 0 Å². The molecule has 2 aromatic rings. The molecule has 2 aromatic carbocycles. The molecule has 156 valence electrons. The van der Waals surface area contributed by atoms with Crippen molar-refractivity contribution in [3.63, 3.8) is 0 Å². The van der Waals surface area contributed by atoms with Crippen molar-refractivity contribution in [1.82, 2.24) is 0 Å². The second-order valence-corrected chi connectivity index (χ2v) is 7.64. The van der Waals surface area contributed by atoms with Gasteiger partial charge in [0.1, 0.15) is 0 Å². The van der Waals surface area contributed by atoms with E-state index in [2.05, 4.69) is 5.32 Å². The summed E-state index contributed by atoms with van der Waals surface area (Å²) in [5, 5.41) is 2.69. The molecule has 0 unspecified atom stereocenters. The number of ketones is 1. The zero-order valence-electron chi connectivity index (χ0n) is 16.8. The fourth-order valence-corrected chi connectivity index (χ4v) is 3.70. The molecule has 0 bridgehead atoms. The van der Waals surface area contributed by atoms with Crippen molar-refractivity contribution >= 4 is 46.7 Å². The molecule has 1 aliphatic heterocycles. The number of carbonyl (C=O) groups is 4. The maximum Gasteiger partial charge on any atom is 0.338 e. The number of benzene rings is 2. The summed E-state index contributed by atoms with van der Waals surface area (Å²) in [5.74, 6) is -1.16. The highest BCUT2D eigenvalue weighted by Gasteiger charge is 2.22. The maximum atomic E-state index is 12.4. The second kappa shape index (κ2) is 9.58. The highest BCUT2D eigenvalue weighted by Crippen LogP contribution is 2.27. The molecule has 3 rings (SSSR count). The molecule has 1 aliphatic rings. The Morgan fingerprint density at radius 2 is 1.80 bits per heavy atom. The van der Waals surface area contributed by atoms with E-state index in [1.165, 1.54) is 18.7 Å². The summed E-state index contributed by atoms with van der Waals surface area (Å²) in [6, 6.07) is 11.5. The monoisotopic (exact) mass is 426 g/mol. The smallest absolute Gasteiger partial charge is 0.338 e. The lowest BCUT2D eigenvalue weighted by atomic mass is 10.1. The van der Waals surface area contributed by atoms with Crippen molar-refractivity contribution in [1.29, 1.82) is 0 Å². The van der Waals surface area contributed by atoms with Crippen LogP contribution in [-0.2, 0) is 14.3 Å². The first-order valence-electron chi connectivity index (χ1n) is 9.45. The fourth-order valence-electron chi connectivity index (χ4n) is 3.17. The quantitative estimate of drug-likeness (QED) is 0.414. The lowest BCUT2D eigenvalue weighted by Crippen LogP contribution is -2.23. The van der Waals surface area contributed by atoms with Crippen LogP contribution >= 0.6 is 11.8 Å². The van der Waals surface area contributed by atoms with Crippen LogP contribution in [-0.4, -0.2) is 43.0 Å². The van der Waals surface area contributed by atoms with Gasteiger partial charge < -0.3 is 15.0 Å². The van der Waals surface area contributed by atoms with Gasteiger partial charge in [0.2, 0.25) is 11.8 Å². The van der Waals surface area contributed by atoms with Crippen molar-refractivity contribution in [2.75, 3.05) is 29.6 Å². The predicted molar refractivity (Wildman–Crippen MR) is 115 cm³/mol. The highest BCUT2D eigenvalue weighted by atomic mass is 32.2. The molecule has 2 amide bonds. The number of nitrogens with zero attached hydrogens (tertiary/aromatic N) is 1. The molecule has 1 N–H and O–H groups in total. The van der Waals surface area contributed by atoms with Gasteiger partial charge in [-0.15, -0.1) is 11.8 Å². The van der Waals surface area contributed by atoms with Gasteiger partial charge in [0, 0.05) is 36.0 Å². The number of anilines is 2. The van der Waals surface area contributed by atoms with Crippen LogP contribution in [0.3, 0.4) is 0 Å². The molecular weight excluding hydrogens is 404 g/mol. The molecule has 0 saturated carbocycles. The van der Waals surface area contributed by atoms with Crippen LogP contribution in [0.4, 0.5) is 11.4 Å². The van der Waals surface area contributed by atoms with Gasteiger partial charge >= 0.3 is 5.97 Å². The van der Waals surface area contributed by atoms with Crippen LogP contribution in [0.1, 0.15) is 40.5 Å². The zero-order chi connectivity index (χ0) is 21.7.